The Labute approximate surface area is 109 Å². The maximum atomic E-state index is 11.5. The highest BCUT2D eigenvalue weighted by molar-refractivity contribution is 7.91. The van der Waals surface area contributed by atoms with Gasteiger partial charge in [-0.25, -0.2) is 8.42 Å². The summed E-state index contributed by atoms with van der Waals surface area (Å²) in [6.07, 6.45) is 1.49. The van der Waals surface area contributed by atoms with Crippen molar-refractivity contribution in [2.75, 3.05) is 11.5 Å². The van der Waals surface area contributed by atoms with Gasteiger partial charge in [0.2, 0.25) is 0 Å². The molecule has 18 heavy (non-hydrogen) atoms. The van der Waals surface area contributed by atoms with Crippen LogP contribution in [0.5, 0.6) is 0 Å². The van der Waals surface area contributed by atoms with E-state index in [-0.39, 0.29) is 18.1 Å². The van der Waals surface area contributed by atoms with E-state index < -0.39 is 9.84 Å². The van der Waals surface area contributed by atoms with Gasteiger partial charge in [-0.05, 0) is 12.8 Å². The molecule has 0 aliphatic heterocycles. The molecule has 0 aliphatic rings. The van der Waals surface area contributed by atoms with E-state index in [4.69, 9.17) is 0 Å². The Morgan fingerprint density at radius 3 is 2.33 bits per heavy atom. The highest BCUT2D eigenvalue weighted by Gasteiger charge is 2.16. The molecule has 1 aromatic heterocycles. The van der Waals surface area contributed by atoms with E-state index >= 15 is 0 Å². The van der Waals surface area contributed by atoms with Gasteiger partial charge in [0, 0.05) is 17.0 Å². The molecule has 1 rings (SSSR count). The molecule has 0 unspecified atom stereocenters. The molecule has 1 heterocycles. The van der Waals surface area contributed by atoms with Gasteiger partial charge in [0.25, 0.3) is 0 Å². The lowest BCUT2D eigenvalue weighted by Gasteiger charge is -2.07. The minimum atomic E-state index is -2.98. The van der Waals surface area contributed by atoms with E-state index in [1.807, 2.05) is 13.8 Å². The van der Waals surface area contributed by atoms with Gasteiger partial charge in [0.05, 0.1) is 24.6 Å². The highest BCUT2D eigenvalue weighted by atomic mass is 32.2. The second-order valence-electron chi connectivity index (χ2n) is 4.20. The average Bonchev–Trinajstić information content (AvgIpc) is 2.73. The molecule has 0 aliphatic carbocycles. The highest BCUT2D eigenvalue weighted by Crippen LogP contribution is 2.16. The van der Waals surface area contributed by atoms with Crippen LogP contribution in [0.15, 0.2) is 0 Å². The third-order valence-corrected chi connectivity index (χ3v) is 4.82. The maximum Gasteiger partial charge on any atom is 0.151 e. The lowest BCUT2D eigenvalue weighted by molar-refractivity contribution is 0.279. The van der Waals surface area contributed by atoms with Gasteiger partial charge in [0.15, 0.2) is 9.84 Å². The van der Waals surface area contributed by atoms with E-state index in [0.29, 0.717) is 6.54 Å². The number of nitrogens with zero attached hydrogens (tertiary/aromatic N) is 2. The van der Waals surface area contributed by atoms with Crippen molar-refractivity contribution in [2.45, 2.75) is 46.8 Å². The van der Waals surface area contributed by atoms with E-state index in [1.54, 1.807) is 11.6 Å². The van der Waals surface area contributed by atoms with Gasteiger partial charge in [-0.15, -0.1) is 0 Å². The number of aryl methyl sites for hydroxylation is 2. The number of aromatic nitrogens is 2. The molecule has 0 saturated heterocycles. The van der Waals surface area contributed by atoms with Crippen LogP contribution in [0.4, 0.5) is 0 Å². The summed E-state index contributed by atoms with van der Waals surface area (Å²) in [7, 11) is -2.98. The molecule has 0 fully saturated rings. The largest absolute Gasteiger partial charge is 0.392 e. The van der Waals surface area contributed by atoms with Crippen LogP contribution >= 0.6 is 0 Å². The van der Waals surface area contributed by atoms with Crippen LogP contribution in [0.2, 0.25) is 0 Å². The summed E-state index contributed by atoms with van der Waals surface area (Å²) in [4.78, 5) is 0. The van der Waals surface area contributed by atoms with Crippen molar-refractivity contribution >= 4 is 9.84 Å². The second kappa shape index (κ2) is 6.33. The van der Waals surface area contributed by atoms with Crippen molar-refractivity contribution in [3.8, 4) is 0 Å². The number of rotatable bonds is 7. The maximum absolute atomic E-state index is 11.5. The standard InChI is InChI=1S/C12H22N2O3S/c1-4-11-10(9-15)12(5-2)14(13-11)7-8-18(16,17)6-3/h15H,4-9H2,1-3H3. The zero-order valence-corrected chi connectivity index (χ0v) is 12.1. The Morgan fingerprint density at radius 1 is 1.22 bits per heavy atom. The quantitative estimate of drug-likeness (QED) is 0.803. The van der Waals surface area contributed by atoms with Crippen LogP contribution in [0.1, 0.15) is 37.7 Å². The van der Waals surface area contributed by atoms with Gasteiger partial charge in [-0.3, -0.25) is 4.68 Å². The smallest absolute Gasteiger partial charge is 0.151 e. The minimum Gasteiger partial charge on any atom is -0.392 e. The number of aliphatic hydroxyl groups excluding tert-OH is 1. The molecule has 1 N–H and O–H groups in total. The SMILES string of the molecule is CCc1nn(CCS(=O)(=O)CC)c(CC)c1CO. The minimum absolute atomic E-state index is 0.0348. The Balaban J connectivity index is 2.99. The average molecular weight is 274 g/mol. The van der Waals surface area contributed by atoms with E-state index in [1.165, 1.54) is 0 Å². The third-order valence-electron chi connectivity index (χ3n) is 3.13. The molecule has 0 radical (unpaired) electrons. The Kier molecular flexibility index (Phi) is 5.34. The van der Waals surface area contributed by atoms with Crippen LogP contribution in [-0.2, 0) is 35.8 Å². The summed E-state index contributed by atoms with van der Waals surface area (Å²) < 4.78 is 24.8. The number of aliphatic hydroxyl groups is 1. The topological polar surface area (TPSA) is 72.2 Å². The first-order chi connectivity index (χ1) is 8.49. The zero-order valence-electron chi connectivity index (χ0n) is 11.3. The van der Waals surface area contributed by atoms with Crippen molar-refractivity contribution in [1.29, 1.82) is 0 Å². The van der Waals surface area contributed by atoms with Crippen molar-refractivity contribution in [1.82, 2.24) is 9.78 Å². The Morgan fingerprint density at radius 2 is 1.89 bits per heavy atom. The van der Waals surface area contributed by atoms with Gasteiger partial charge < -0.3 is 5.11 Å². The zero-order chi connectivity index (χ0) is 13.8. The fourth-order valence-corrected chi connectivity index (χ4v) is 2.75. The van der Waals surface area contributed by atoms with E-state index in [2.05, 4.69) is 5.10 Å². The predicted molar refractivity (Wildman–Crippen MR) is 71.2 cm³/mol. The van der Waals surface area contributed by atoms with Gasteiger partial charge in [-0.1, -0.05) is 20.8 Å². The molecular formula is C12H22N2O3S. The van der Waals surface area contributed by atoms with Crippen LogP contribution in [0.3, 0.4) is 0 Å². The molecule has 0 aromatic carbocycles. The number of hydrogen-bond donors (Lipinski definition) is 1. The summed E-state index contributed by atoms with van der Waals surface area (Å²) in [5.74, 6) is 0.259. The first-order valence-corrected chi connectivity index (χ1v) is 8.19. The summed E-state index contributed by atoms with van der Waals surface area (Å²) in [5.41, 5.74) is 2.66. The van der Waals surface area contributed by atoms with Crippen molar-refractivity contribution in [3.63, 3.8) is 0 Å². The number of hydrogen-bond acceptors (Lipinski definition) is 4. The first kappa shape index (κ1) is 15.2. The molecule has 1 aromatic rings. The normalized spacial score (nSPS) is 12.0. The summed E-state index contributed by atoms with van der Waals surface area (Å²) in [6, 6.07) is 0. The predicted octanol–water partition coefficient (Wildman–Crippen LogP) is 0.935. The molecule has 5 nitrogen and oxygen atoms in total. The molecule has 0 saturated carbocycles. The van der Waals surface area contributed by atoms with Crippen molar-refractivity contribution < 1.29 is 13.5 Å². The van der Waals surface area contributed by atoms with Crippen molar-refractivity contribution in [3.05, 3.63) is 17.0 Å². The number of sulfone groups is 1. The van der Waals surface area contributed by atoms with Crippen molar-refractivity contribution in [2.24, 2.45) is 0 Å². The fraction of sp³-hybridized carbons (Fsp3) is 0.750. The van der Waals surface area contributed by atoms with E-state index in [0.717, 1.165) is 29.8 Å². The fourth-order valence-electron chi connectivity index (χ4n) is 2.01. The Hall–Kier alpha value is -0.880. The summed E-state index contributed by atoms with van der Waals surface area (Å²) in [6.45, 7) is 5.95. The van der Waals surface area contributed by atoms with Gasteiger partial charge in [-0.2, -0.15) is 5.10 Å². The Bertz CT molecular complexity index is 492. The summed E-state index contributed by atoms with van der Waals surface area (Å²) >= 11 is 0. The molecule has 0 atom stereocenters. The third kappa shape index (κ3) is 3.32. The monoisotopic (exact) mass is 274 g/mol. The van der Waals surface area contributed by atoms with Gasteiger partial charge >= 0.3 is 0 Å². The molecule has 104 valence electrons. The molecule has 0 amide bonds. The van der Waals surface area contributed by atoms with Crippen LogP contribution in [0, 0.1) is 0 Å². The van der Waals surface area contributed by atoms with Gasteiger partial charge in [0.1, 0.15) is 0 Å². The molecule has 6 heteroatoms. The van der Waals surface area contributed by atoms with Crippen LogP contribution in [0.25, 0.3) is 0 Å². The summed E-state index contributed by atoms with van der Waals surface area (Å²) in [5, 5.41) is 13.8. The molecule has 0 spiro atoms. The molecule has 0 bridgehead atoms. The van der Waals surface area contributed by atoms with Crippen LogP contribution in [-0.4, -0.2) is 34.8 Å². The first-order valence-electron chi connectivity index (χ1n) is 6.37. The molecular weight excluding hydrogens is 252 g/mol. The second-order valence-corrected chi connectivity index (χ2v) is 6.67. The van der Waals surface area contributed by atoms with E-state index in [9.17, 15) is 13.5 Å². The lowest BCUT2D eigenvalue weighted by atomic mass is 10.1. The lowest BCUT2D eigenvalue weighted by Crippen LogP contribution is -2.17. The van der Waals surface area contributed by atoms with Crippen LogP contribution < -0.4 is 0 Å².